The molecular weight excluding hydrogens is 150 g/mol. The van der Waals surface area contributed by atoms with E-state index in [9.17, 15) is 4.79 Å². The van der Waals surface area contributed by atoms with Crippen LogP contribution < -0.4 is 5.32 Å². The van der Waals surface area contributed by atoms with E-state index in [1.165, 1.54) is 12.8 Å². The van der Waals surface area contributed by atoms with E-state index in [2.05, 4.69) is 24.4 Å². The van der Waals surface area contributed by atoms with Crippen molar-refractivity contribution in [2.24, 2.45) is 0 Å². The van der Waals surface area contributed by atoms with Gasteiger partial charge in [0.2, 0.25) is 5.91 Å². The summed E-state index contributed by atoms with van der Waals surface area (Å²) >= 11 is 0. The molecule has 0 radical (unpaired) electrons. The van der Waals surface area contributed by atoms with E-state index in [4.69, 9.17) is 0 Å². The number of hydrogen-bond acceptors (Lipinski definition) is 1. The summed E-state index contributed by atoms with van der Waals surface area (Å²) < 4.78 is 0. The topological polar surface area (TPSA) is 29.1 Å². The van der Waals surface area contributed by atoms with Gasteiger partial charge in [-0.15, -0.1) is 0 Å². The SMILES string of the molecule is CC/C=C\CCC(=O)NC1CC1. The summed E-state index contributed by atoms with van der Waals surface area (Å²) in [7, 11) is 0. The molecular formula is C10H17NO. The predicted octanol–water partition coefficient (Wildman–Crippen LogP) is 2.01. The summed E-state index contributed by atoms with van der Waals surface area (Å²) in [5.41, 5.74) is 0. The minimum atomic E-state index is 0.207. The van der Waals surface area contributed by atoms with Crippen LogP contribution in [0.5, 0.6) is 0 Å². The molecule has 1 amide bonds. The van der Waals surface area contributed by atoms with Crippen molar-refractivity contribution in [3.63, 3.8) is 0 Å². The Morgan fingerprint density at radius 3 is 2.83 bits per heavy atom. The lowest BCUT2D eigenvalue weighted by Gasteiger charge is -1.99. The van der Waals surface area contributed by atoms with Crippen LogP contribution in [0.4, 0.5) is 0 Å². The second-order valence-electron chi connectivity index (χ2n) is 3.26. The van der Waals surface area contributed by atoms with Gasteiger partial charge in [0.05, 0.1) is 0 Å². The van der Waals surface area contributed by atoms with Crippen LogP contribution in [0, 0.1) is 0 Å². The van der Waals surface area contributed by atoms with Crippen LogP contribution in [0.1, 0.15) is 39.0 Å². The molecule has 0 atom stereocenters. The lowest BCUT2D eigenvalue weighted by atomic mass is 10.2. The second kappa shape index (κ2) is 4.96. The molecule has 0 aromatic rings. The molecule has 2 heteroatoms. The highest BCUT2D eigenvalue weighted by molar-refractivity contribution is 5.76. The van der Waals surface area contributed by atoms with Gasteiger partial charge in [-0.2, -0.15) is 0 Å². The van der Waals surface area contributed by atoms with Crippen molar-refractivity contribution in [1.29, 1.82) is 0 Å². The molecule has 1 fully saturated rings. The molecule has 1 saturated carbocycles. The first kappa shape index (κ1) is 9.30. The fraction of sp³-hybridized carbons (Fsp3) is 0.700. The zero-order valence-electron chi connectivity index (χ0n) is 7.68. The molecule has 0 heterocycles. The Hall–Kier alpha value is -0.790. The maximum absolute atomic E-state index is 11.1. The van der Waals surface area contributed by atoms with Gasteiger partial charge in [-0.3, -0.25) is 4.79 Å². The molecule has 1 aliphatic rings. The standard InChI is InChI=1S/C10H17NO/c1-2-3-4-5-6-10(12)11-9-7-8-9/h3-4,9H,2,5-8H2,1H3,(H,11,12)/b4-3-. The Morgan fingerprint density at radius 1 is 1.50 bits per heavy atom. The van der Waals surface area contributed by atoms with Crippen LogP contribution in [-0.4, -0.2) is 11.9 Å². The predicted molar refractivity (Wildman–Crippen MR) is 49.8 cm³/mol. The van der Waals surface area contributed by atoms with Crippen molar-refractivity contribution in [1.82, 2.24) is 5.32 Å². The third-order valence-electron chi connectivity index (χ3n) is 1.88. The van der Waals surface area contributed by atoms with Gasteiger partial charge in [-0.25, -0.2) is 0 Å². The summed E-state index contributed by atoms with van der Waals surface area (Å²) in [6.07, 6.45) is 9.12. The normalized spacial score (nSPS) is 16.8. The van der Waals surface area contributed by atoms with Crippen molar-refractivity contribution >= 4 is 5.91 Å². The molecule has 68 valence electrons. The van der Waals surface area contributed by atoms with E-state index in [0.29, 0.717) is 12.5 Å². The average molecular weight is 167 g/mol. The number of hydrogen-bond donors (Lipinski definition) is 1. The molecule has 0 bridgehead atoms. The van der Waals surface area contributed by atoms with Gasteiger partial charge in [-0.1, -0.05) is 19.1 Å². The first-order valence-electron chi connectivity index (χ1n) is 4.77. The number of rotatable bonds is 5. The molecule has 12 heavy (non-hydrogen) atoms. The minimum absolute atomic E-state index is 0.207. The third-order valence-corrected chi connectivity index (χ3v) is 1.88. The van der Waals surface area contributed by atoms with E-state index in [1.54, 1.807) is 0 Å². The van der Waals surface area contributed by atoms with Crippen molar-refractivity contribution in [3.8, 4) is 0 Å². The Bertz CT molecular complexity index is 171. The highest BCUT2D eigenvalue weighted by atomic mass is 16.1. The van der Waals surface area contributed by atoms with Gasteiger partial charge >= 0.3 is 0 Å². The number of allylic oxidation sites excluding steroid dienone is 2. The molecule has 0 aromatic carbocycles. The van der Waals surface area contributed by atoms with Gasteiger partial charge in [0, 0.05) is 12.5 Å². The van der Waals surface area contributed by atoms with Gasteiger partial charge in [0.25, 0.3) is 0 Å². The van der Waals surface area contributed by atoms with Crippen molar-refractivity contribution in [2.75, 3.05) is 0 Å². The summed E-state index contributed by atoms with van der Waals surface area (Å²) in [5, 5.41) is 2.96. The fourth-order valence-electron chi connectivity index (χ4n) is 1.03. The zero-order chi connectivity index (χ0) is 8.81. The zero-order valence-corrected chi connectivity index (χ0v) is 7.68. The van der Waals surface area contributed by atoms with Crippen molar-refractivity contribution in [3.05, 3.63) is 12.2 Å². The Morgan fingerprint density at radius 2 is 2.25 bits per heavy atom. The Labute approximate surface area is 74.0 Å². The molecule has 0 aromatic heterocycles. The largest absolute Gasteiger partial charge is 0.353 e. The summed E-state index contributed by atoms with van der Waals surface area (Å²) in [4.78, 5) is 11.1. The van der Waals surface area contributed by atoms with E-state index in [1.807, 2.05) is 0 Å². The summed E-state index contributed by atoms with van der Waals surface area (Å²) in [6.45, 7) is 2.10. The van der Waals surface area contributed by atoms with E-state index < -0.39 is 0 Å². The Balaban J connectivity index is 1.97. The van der Waals surface area contributed by atoms with Crippen molar-refractivity contribution in [2.45, 2.75) is 45.1 Å². The first-order valence-corrected chi connectivity index (χ1v) is 4.77. The molecule has 2 nitrogen and oxygen atoms in total. The highest BCUT2D eigenvalue weighted by Gasteiger charge is 2.22. The van der Waals surface area contributed by atoms with E-state index in [-0.39, 0.29) is 5.91 Å². The second-order valence-corrected chi connectivity index (χ2v) is 3.26. The third kappa shape index (κ3) is 4.16. The number of amides is 1. The lowest BCUT2D eigenvalue weighted by Crippen LogP contribution is -2.24. The van der Waals surface area contributed by atoms with Crippen molar-refractivity contribution < 1.29 is 4.79 Å². The highest BCUT2D eigenvalue weighted by Crippen LogP contribution is 2.18. The summed E-state index contributed by atoms with van der Waals surface area (Å²) in [5.74, 6) is 0.207. The van der Waals surface area contributed by atoms with Gasteiger partial charge in [0.15, 0.2) is 0 Å². The van der Waals surface area contributed by atoms with Crippen LogP contribution in [0.25, 0.3) is 0 Å². The van der Waals surface area contributed by atoms with Gasteiger partial charge in [-0.05, 0) is 25.7 Å². The molecule has 0 saturated heterocycles. The monoisotopic (exact) mass is 167 g/mol. The lowest BCUT2D eigenvalue weighted by molar-refractivity contribution is -0.121. The van der Waals surface area contributed by atoms with E-state index >= 15 is 0 Å². The molecule has 1 aliphatic carbocycles. The molecule has 0 unspecified atom stereocenters. The number of nitrogens with one attached hydrogen (secondary N) is 1. The van der Waals surface area contributed by atoms with Crippen LogP contribution in [0.15, 0.2) is 12.2 Å². The van der Waals surface area contributed by atoms with E-state index in [0.717, 1.165) is 12.8 Å². The fourth-order valence-corrected chi connectivity index (χ4v) is 1.03. The molecule has 1 N–H and O–H groups in total. The van der Waals surface area contributed by atoms with Crippen LogP contribution in [0.2, 0.25) is 0 Å². The number of carbonyl (C=O) groups excluding carboxylic acids is 1. The Kier molecular flexibility index (Phi) is 3.85. The van der Waals surface area contributed by atoms with Gasteiger partial charge < -0.3 is 5.32 Å². The average Bonchev–Trinajstić information content (AvgIpc) is 2.82. The first-order chi connectivity index (χ1) is 5.83. The maximum Gasteiger partial charge on any atom is 0.220 e. The van der Waals surface area contributed by atoms with Crippen LogP contribution >= 0.6 is 0 Å². The maximum atomic E-state index is 11.1. The minimum Gasteiger partial charge on any atom is -0.353 e. The molecule has 0 spiro atoms. The smallest absolute Gasteiger partial charge is 0.220 e. The quantitative estimate of drug-likeness (QED) is 0.623. The van der Waals surface area contributed by atoms with Crippen LogP contribution in [0.3, 0.4) is 0 Å². The van der Waals surface area contributed by atoms with Gasteiger partial charge in [0.1, 0.15) is 0 Å². The van der Waals surface area contributed by atoms with Crippen LogP contribution in [-0.2, 0) is 4.79 Å². The molecule has 1 rings (SSSR count). The molecule has 0 aliphatic heterocycles. The summed E-state index contributed by atoms with van der Waals surface area (Å²) in [6, 6.07) is 0.507. The number of carbonyl (C=O) groups is 1.